The van der Waals surface area contributed by atoms with Gasteiger partial charge < -0.3 is 15.4 Å². The number of thiophene rings is 1. The summed E-state index contributed by atoms with van der Waals surface area (Å²) < 4.78 is 3.18. The number of hydrogen-bond acceptors (Lipinski definition) is 6. The van der Waals surface area contributed by atoms with Crippen LogP contribution in [0.3, 0.4) is 0 Å². The molecule has 152 valence electrons. The topological polar surface area (TPSA) is 84.5 Å². The van der Waals surface area contributed by atoms with Crippen LogP contribution in [-0.4, -0.2) is 34.2 Å². The summed E-state index contributed by atoms with van der Waals surface area (Å²) in [6.07, 6.45) is -0.869. The van der Waals surface area contributed by atoms with Crippen LogP contribution in [-0.2, 0) is 9.53 Å². The van der Waals surface area contributed by atoms with Crippen molar-refractivity contribution in [2.75, 3.05) is 11.9 Å². The second-order valence-corrected chi connectivity index (χ2v) is 9.71. The number of amides is 1. The van der Waals surface area contributed by atoms with Gasteiger partial charge in [0.1, 0.15) is 11.2 Å². The van der Waals surface area contributed by atoms with Gasteiger partial charge in [0.15, 0.2) is 5.78 Å². The molecule has 10 heteroatoms. The number of esters is 1. The number of ketones is 1. The van der Waals surface area contributed by atoms with Crippen LogP contribution in [0, 0.1) is 12.8 Å². The van der Waals surface area contributed by atoms with Gasteiger partial charge in [-0.2, -0.15) is 0 Å². The standard InChI is InChI=1S/C17H23Cl3N2O4S/c1-6-26-15(25)12-9(4)13(10(5)23)27-14(12)22-16(17(18,19)20)21-11(24)7-8(2)3/h8,16,22H,6-7H2,1-5H3,(H,21,24)/t16-/m0/s1. The minimum absolute atomic E-state index is 0.115. The normalized spacial score (nSPS) is 12.6. The van der Waals surface area contributed by atoms with E-state index in [-0.39, 0.29) is 41.2 Å². The van der Waals surface area contributed by atoms with Gasteiger partial charge in [0, 0.05) is 6.42 Å². The summed E-state index contributed by atoms with van der Waals surface area (Å²) in [5.74, 6) is -1.00. The molecule has 6 nitrogen and oxygen atoms in total. The molecule has 1 atom stereocenters. The zero-order chi connectivity index (χ0) is 20.9. The highest BCUT2D eigenvalue weighted by atomic mass is 35.6. The lowest BCUT2D eigenvalue weighted by atomic mass is 10.1. The highest BCUT2D eigenvalue weighted by Crippen LogP contribution is 2.38. The second-order valence-electron chi connectivity index (χ2n) is 6.32. The zero-order valence-electron chi connectivity index (χ0n) is 15.7. The van der Waals surface area contributed by atoms with Crippen LogP contribution in [0.15, 0.2) is 0 Å². The molecule has 0 aliphatic heterocycles. The fourth-order valence-electron chi connectivity index (χ4n) is 2.32. The quantitative estimate of drug-likeness (QED) is 0.256. The van der Waals surface area contributed by atoms with Gasteiger partial charge in [-0.1, -0.05) is 48.7 Å². The van der Waals surface area contributed by atoms with E-state index in [1.807, 2.05) is 13.8 Å². The third kappa shape index (κ3) is 6.82. The molecule has 0 radical (unpaired) electrons. The first-order valence-electron chi connectivity index (χ1n) is 8.32. The Hall–Kier alpha value is -1.02. The monoisotopic (exact) mass is 456 g/mol. The fraction of sp³-hybridized carbons (Fsp3) is 0.588. The van der Waals surface area contributed by atoms with Gasteiger partial charge in [0.25, 0.3) is 0 Å². The van der Waals surface area contributed by atoms with E-state index in [1.54, 1.807) is 13.8 Å². The lowest BCUT2D eigenvalue weighted by Crippen LogP contribution is -2.49. The summed E-state index contributed by atoms with van der Waals surface area (Å²) >= 11 is 19.1. The lowest BCUT2D eigenvalue weighted by Gasteiger charge is -2.27. The van der Waals surface area contributed by atoms with E-state index in [4.69, 9.17) is 39.5 Å². The first-order chi connectivity index (χ1) is 12.4. The molecule has 1 aromatic rings. The van der Waals surface area contributed by atoms with E-state index in [2.05, 4.69) is 10.6 Å². The Bertz CT molecular complexity index is 714. The van der Waals surface area contributed by atoms with Crippen molar-refractivity contribution in [1.82, 2.24) is 5.32 Å². The third-order valence-corrected chi connectivity index (χ3v) is 5.43. The Kier molecular flexibility index (Phi) is 8.86. The average Bonchev–Trinajstić information content (AvgIpc) is 2.81. The number of nitrogens with one attached hydrogen (secondary N) is 2. The number of carbonyl (C=O) groups excluding carboxylic acids is 3. The molecule has 0 aromatic carbocycles. The first kappa shape index (κ1) is 24.0. The highest BCUT2D eigenvalue weighted by molar-refractivity contribution is 7.18. The predicted molar refractivity (Wildman–Crippen MR) is 110 cm³/mol. The number of rotatable bonds is 8. The van der Waals surface area contributed by atoms with Crippen LogP contribution in [0.25, 0.3) is 0 Å². The Labute approximate surface area is 177 Å². The van der Waals surface area contributed by atoms with Gasteiger partial charge in [-0.05, 0) is 32.3 Å². The molecule has 1 aromatic heterocycles. The number of ether oxygens (including phenoxy) is 1. The Balaban J connectivity index is 3.27. The van der Waals surface area contributed by atoms with Crippen LogP contribution in [0.2, 0.25) is 0 Å². The summed E-state index contributed by atoms with van der Waals surface area (Å²) in [7, 11) is 0. The van der Waals surface area contributed by atoms with E-state index < -0.39 is 15.9 Å². The molecule has 2 N–H and O–H groups in total. The van der Waals surface area contributed by atoms with Crippen molar-refractivity contribution < 1.29 is 19.1 Å². The number of halogens is 3. The van der Waals surface area contributed by atoms with E-state index in [0.717, 1.165) is 11.3 Å². The van der Waals surface area contributed by atoms with Crippen molar-refractivity contribution in [3.63, 3.8) is 0 Å². The molecule has 0 saturated heterocycles. The van der Waals surface area contributed by atoms with Crippen LogP contribution in [0.4, 0.5) is 5.00 Å². The smallest absolute Gasteiger partial charge is 0.341 e. The molecule has 0 bridgehead atoms. The van der Waals surface area contributed by atoms with E-state index in [0.29, 0.717) is 10.4 Å². The largest absolute Gasteiger partial charge is 0.462 e. The fourth-order valence-corrected chi connectivity index (χ4v) is 3.77. The van der Waals surface area contributed by atoms with Crippen molar-refractivity contribution in [3.8, 4) is 0 Å². The number of alkyl halides is 3. The van der Waals surface area contributed by atoms with Crippen LogP contribution in [0.5, 0.6) is 0 Å². The Morgan fingerprint density at radius 3 is 2.26 bits per heavy atom. The van der Waals surface area contributed by atoms with Crippen LogP contribution < -0.4 is 10.6 Å². The predicted octanol–water partition coefficient (Wildman–Crippen LogP) is 4.71. The number of anilines is 1. The molecule has 0 fully saturated rings. The first-order valence-corrected chi connectivity index (χ1v) is 10.3. The summed E-state index contributed by atoms with van der Waals surface area (Å²) in [4.78, 5) is 36.8. The molecule has 0 aliphatic rings. The third-order valence-electron chi connectivity index (χ3n) is 3.45. The molecule has 1 heterocycles. The van der Waals surface area contributed by atoms with Gasteiger partial charge in [-0.15, -0.1) is 11.3 Å². The molecule has 0 saturated carbocycles. The Morgan fingerprint density at radius 2 is 1.81 bits per heavy atom. The summed E-state index contributed by atoms with van der Waals surface area (Å²) in [5, 5.41) is 5.79. The molecule has 1 rings (SSSR count). The van der Waals surface area contributed by atoms with E-state index in [9.17, 15) is 14.4 Å². The maximum absolute atomic E-state index is 12.4. The summed E-state index contributed by atoms with van der Waals surface area (Å²) in [5.41, 5.74) is 0.662. The Morgan fingerprint density at radius 1 is 1.22 bits per heavy atom. The molecule has 27 heavy (non-hydrogen) atoms. The van der Waals surface area contributed by atoms with Gasteiger partial charge in [0.05, 0.1) is 17.0 Å². The van der Waals surface area contributed by atoms with Gasteiger partial charge in [-0.3, -0.25) is 9.59 Å². The second kappa shape index (κ2) is 9.96. The molecule has 1 amide bonds. The van der Waals surface area contributed by atoms with E-state index in [1.165, 1.54) is 6.92 Å². The average molecular weight is 458 g/mol. The van der Waals surface area contributed by atoms with Crippen molar-refractivity contribution in [2.45, 2.75) is 51.0 Å². The molecule has 0 unspecified atom stereocenters. The van der Waals surface area contributed by atoms with Crippen LogP contribution in [0.1, 0.15) is 59.7 Å². The molecular formula is C17H23Cl3N2O4S. The summed E-state index contributed by atoms with van der Waals surface area (Å²) in [6.45, 7) is 8.66. The maximum atomic E-state index is 12.4. The minimum Gasteiger partial charge on any atom is -0.462 e. The molecule has 0 aliphatic carbocycles. The number of Topliss-reactive ketones (excluding diaryl/α,β-unsaturated/α-hetero) is 1. The molecule has 0 spiro atoms. The van der Waals surface area contributed by atoms with Crippen LogP contribution >= 0.6 is 46.1 Å². The number of hydrogen-bond donors (Lipinski definition) is 2. The van der Waals surface area contributed by atoms with Crippen molar-refractivity contribution in [1.29, 1.82) is 0 Å². The maximum Gasteiger partial charge on any atom is 0.341 e. The lowest BCUT2D eigenvalue weighted by molar-refractivity contribution is -0.122. The number of carbonyl (C=O) groups is 3. The van der Waals surface area contributed by atoms with Crippen molar-refractivity contribution in [2.24, 2.45) is 5.92 Å². The van der Waals surface area contributed by atoms with Crippen molar-refractivity contribution in [3.05, 3.63) is 16.0 Å². The SMILES string of the molecule is CCOC(=O)c1c(N[C@H](NC(=O)CC(C)C)C(Cl)(Cl)Cl)sc(C(C)=O)c1C. The van der Waals surface area contributed by atoms with Gasteiger partial charge in [-0.25, -0.2) is 4.79 Å². The van der Waals surface area contributed by atoms with Crippen molar-refractivity contribution >= 4 is 68.8 Å². The zero-order valence-corrected chi connectivity index (χ0v) is 18.8. The summed E-state index contributed by atoms with van der Waals surface area (Å²) in [6, 6.07) is 0. The minimum atomic E-state index is -1.90. The van der Waals surface area contributed by atoms with Gasteiger partial charge >= 0.3 is 5.97 Å². The van der Waals surface area contributed by atoms with E-state index >= 15 is 0 Å². The highest BCUT2D eigenvalue weighted by Gasteiger charge is 2.36. The van der Waals surface area contributed by atoms with Gasteiger partial charge in [0.2, 0.25) is 9.70 Å². The molecular weight excluding hydrogens is 435 g/mol.